The summed E-state index contributed by atoms with van der Waals surface area (Å²) in [5, 5.41) is 2.93. The van der Waals surface area contributed by atoms with Gasteiger partial charge in [-0.15, -0.1) is 0 Å². The number of amides is 1. The van der Waals surface area contributed by atoms with E-state index in [9.17, 15) is 13.2 Å². The van der Waals surface area contributed by atoms with Crippen molar-refractivity contribution in [1.82, 2.24) is 5.32 Å². The van der Waals surface area contributed by atoms with E-state index in [-0.39, 0.29) is 22.4 Å². The number of ether oxygens (including phenoxy) is 1. The molecular formula is C25H28N2O4S. The summed E-state index contributed by atoms with van der Waals surface area (Å²) in [4.78, 5) is 12.9. The molecule has 0 heterocycles. The third-order valence-electron chi connectivity index (χ3n) is 5.17. The number of sulfonamides is 1. The fourth-order valence-electron chi connectivity index (χ4n) is 3.30. The van der Waals surface area contributed by atoms with Crippen molar-refractivity contribution in [2.75, 3.05) is 11.3 Å². The third kappa shape index (κ3) is 5.48. The van der Waals surface area contributed by atoms with Crippen LogP contribution in [0.1, 0.15) is 46.9 Å². The first-order chi connectivity index (χ1) is 15.2. The second-order valence-electron chi connectivity index (χ2n) is 7.60. The molecule has 3 rings (SSSR count). The first kappa shape index (κ1) is 23.3. The second-order valence-corrected chi connectivity index (χ2v) is 9.25. The quantitative estimate of drug-likeness (QED) is 0.504. The molecule has 0 aliphatic heterocycles. The number of hydrogen-bond donors (Lipinski definition) is 2. The molecule has 2 N–H and O–H groups in total. The molecule has 7 heteroatoms. The molecule has 0 aliphatic carbocycles. The number of benzene rings is 3. The highest BCUT2D eigenvalue weighted by atomic mass is 32.2. The molecule has 168 valence electrons. The van der Waals surface area contributed by atoms with E-state index in [1.165, 1.54) is 6.07 Å². The number of rotatable bonds is 8. The van der Waals surface area contributed by atoms with E-state index in [0.717, 1.165) is 16.9 Å². The highest BCUT2D eigenvalue weighted by Crippen LogP contribution is 2.23. The summed E-state index contributed by atoms with van der Waals surface area (Å²) in [6.07, 6.45) is 0. The van der Waals surface area contributed by atoms with Gasteiger partial charge in [-0.05, 0) is 74.7 Å². The van der Waals surface area contributed by atoms with Gasteiger partial charge in [-0.2, -0.15) is 0 Å². The Kier molecular flexibility index (Phi) is 7.20. The minimum absolute atomic E-state index is 0.0714. The monoisotopic (exact) mass is 452 g/mol. The molecule has 32 heavy (non-hydrogen) atoms. The number of carbonyl (C=O) groups is 1. The maximum absolute atomic E-state index is 13.0. The van der Waals surface area contributed by atoms with Crippen LogP contribution in [-0.4, -0.2) is 20.9 Å². The molecule has 0 spiro atoms. The molecule has 0 radical (unpaired) electrons. The minimum Gasteiger partial charge on any atom is -0.494 e. The van der Waals surface area contributed by atoms with Crippen molar-refractivity contribution in [3.8, 4) is 5.75 Å². The van der Waals surface area contributed by atoms with Crippen LogP contribution < -0.4 is 14.8 Å². The van der Waals surface area contributed by atoms with E-state index in [1.807, 2.05) is 57.2 Å². The van der Waals surface area contributed by atoms with Gasteiger partial charge in [-0.1, -0.05) is 36.4 Å². The van der Waals surface area contributed by atoms with Gasteiger partial charge in [0, 0.05) is 5.56 Å². The molecule has 0 saturated heterocycles. The Morgan fingerprint density at radius 3 is 2.31 bits per heavy atom. The standard InChI is InChI=1S/C25H28N2O4S/c1-5-31-22-14-12-20(13-15-22)19(4)26-25(28)21-11-10-18(3)24(16-21)32(29,30)27-23-9-7-6-8-17(23)2/h6-16,19,27H,5H2,1-4H3,(H,26,28)/t19-/m1/s1. The first-order valence-corrected chi connectivity index (χ1v) is 11.9. The van der Waals surface area contributed by atoms with Gasteiger partial charge in [-0.3, -0.25) is 9.52 Å². The summed E-state index contributed by atoms with van der Waals surface area (Å²) < 4.78 is 34.1. The van der Waals surface area contributed by atoms with Crippen molar-refractivity contribution < 1.29 is 17.9 Å². The fraction of sp³-hybridized carbons (Fsp3) is 0.240. The molecule has 0 saturated carbocycles. The van der Waals surface area contributed by atoms with E-state index in [1.54, 1.807) is 31.2 Å². The van der Waals surface area contributed by atoms with Crippen LogP contribution in [0, 0.1) is 13.8 Å². The second kappa shape index (κ2) is 9.87. The van der Waals surface area contributed by atoms with Crippen molar-refractivity contribution in [3.05, 3.63) is 89.0 Å². The van der Waals surface area contributed by atoms with Crippen LogP contribution in [0.25, 0.3) is 0 Å². The Morgan fingerprint density at radius 2 is 1.66 bits per heavy atom. The summed E-state index contributed by atoms with van der Waals surface area (Å²) in [5.74, 6) is 0.419. The van der Waals surface area contributed by atoms with Gasteiger partial charge in [0.1, 0.15) is 5.75 Å². The van der Waals surface area contributed by atoms with Crippen molar-refractivity contribution >= 4 is 21.6 Å². The van der Waals surface area contributed by atoms with Crippen molar-refractivity contribution in [2.24, 2.45) is 0 Å². The van der Waals surface area contributed by atoms with Crippen LogP contribution in [0.4, 0.5) is 5.69 Å². The lowest BCUT2D eigenvalue weighted by molar-refractivity contribution is 0.0939. The van der Waals surface area contributed by atoms with Crippen LogP contribution in [0.3, 0.4) is 0 Å². The Hall–Kier alpha value is -3.32. The lowest BCUT2D eigenvalue weighted by atomic mass is 10.1. The van der Waals surface area contributed by atoms with E-state index in [0.29, 0.717) is 17.9 Å². The minimum atomic E-state index is -3.86. The number of carbonyl (C=O) groups excluding carboxylic acids is 1. The van der Waals surface area contributed by atoms with Gasteiger partial charge in [0.05, 0.1) is 23.2 Å². The van der Waals surface area contributed by atoms with Gasteiger partial charge in [0.25, 0.3) is 15.9 Å². The summed E-state index contributed by atoms with van der Waals surface area (Å²) in [5.41, 5.74) is 3.07. The third-order valence-corrected chi connectivity index (χ3v) is 6.68. The molecule has 0 bridgehead atoms. The summed E-state index contributed by atoms with van der Waals surface area (Å²) >= 11 is 0. The Bertz CT molecular complexity index is 1200. The molecule has 6 nitrogen and oxygen atoms in total. The normalized spacial score (nSPS) is 12.1. The van der Waals surface area contributed by atoms with E-state index in [2.05, 4.69) is 10.0 Å². The Labute approximate surface area is 189 Å². The van der Waals surface area contributed by atoms with Crippen molar-refractivity contribution in [3.63, 3.8) is 0 Å². The lowest BCUT2D eigenvalue weighted by Crippen LogP contribution is -2.27. The Balaban J connectivity index is 1.79. The highest BCUT2D eigenvalue weighted by molar-refractivity contribution is 7.92. The van der Waals surface area contributed by atoms with Crippen LogP contribution in [-0.2, 0) is 10.0 Å². The molecule has 0 unspecified atom stereocenters. The van der Waals surface area contributed by atoms with E-state index < -0.39 is 10.0 Å². The predicted molar refractivity (Wildman–Crippen MR) is 127 cm³/mol. The molecule has 0 fully saturated rings. The van der Waals surface area contributed by atoms with Crippen LogP contribution >= 0.6 is 0 Å². The fourth-order valence-corrected chi connectivity index (χ4v) is 4.70. The van der Waals surface area contributed by atoms with E-state index >= 15 is 0 Å². The molecule has 0 aliphatic rings. The number of nitrogens with one attached hydrogen (secondary N) is 2. The average Bonchev–Trinajstić information content (AvgIpc) is 2.76. The van der Waals surface area contributed by atoms with Gasteiger partial charge < -0.3 is 10.1 Å². The number of anilines is 1. The SMILES string of the molecule is CCOc1ccc([C@@H](C)NC(=O)c2ccc(C)c(S(=O)(=O)Nc3ccccc3C)c2)cc1. The maximum atomic E-state index is 13.0. The maximum Gasteiger partial charge on any atom is 0.262 e. The zero-order chi connectivity index (χ0) is 23.3. The number of aryl methyl sites for hydroxylation is 2. The molecule has 1 amide bonds. The van der Waals surface area contributed by atoms with Gasteiger partial charge in [0.2, 0.25) is 0 Å². The zero-order valence-corrected chi connectivity index (χ0v) is 19.5. The van der Waals surface area contributed by atoms with Crippen LogP contribution in [0.5, 0.6) is 5.75 Å². The van der Waals surface area contributed by atoms with Crippen LogP contribution in [0.15, 0.2) is 71.6 Å². The average molecular weight is 453 g/mol. The van der Waals surface area contributed by atoms with Gasteiger partial charge >= 0.3 is 0 Å². The number of hydrogen-bond acceptors (Lipinski definition) is 4. The van der Waals surface area contributed by atoms with Gasteiger partial charge in [0.15, 0.2) is 0 Å². The summed E-state index contributed by atoms with van der Waals surface area (Å²) in [6.45, 7) is 7.92. The zero-order valence-electron chi connectivity index (χ0n) is 18.7. The van der Waals surface area contributed by atoms with Gasteiger partial charge in [-0.25, -0.2) is 8.42 Å². The Morgan fingerprint density at radius 1 is 0.969 bits per heavy atom. The smallest absolute Gasteiger partial charge is 0.262 e. The molecule has 1 atom stereocenters. The lowest BCUT2D eigenvalue weighted by Gasteiger charge is -2.16. The topological polar surface area (TPSA) is 84.5 Å². The van der Waals surface area contributed by atoms with Crippen LogP contribution in [0.2, 0.25) is 0 Å². The van der Waals surface area contributed by atoms with Crippen molar-refractivity contribution in [1.29, 1.82) is 0 Å². The first-order valence-electron chi connectivity index (χ1n) is 10.4. The van der Waals surface area contributed by atoms with Crippen molar-refractivity contribution in [2.45, 2.75) is 38.6 Å². The van der Waals surface area contributed by atoms with E-state index in [4.69, 9.17) is 4.74 Å². The predicted octanol–water partition coefficient (Wildman–Crippen LogP) is 4.99. The largest absolute Gasteiger partial charge is 0.494 e. The highest BCUT2D eigenvalue weighted by Gasteiger charge is 2.21. The number of para-hydroxylation sites is 1. The summed E-state index contributed by atoms with van der Waals surface area (Å²) in [7, 11) is -3.86. The molecular weight excluding hydrogens is 424 g/mol. The summed E-state index contributed by atoms with van der Waals surface area (Å²) in [6, 6.07) is 19.1. The molecule has 3 aromatic carbocycles. The molecule has 0 aromatic heterocycles. The molecule has 3 aromatic rings.